The van der Waals surface area contributed by atoms with Crippen molar-refractivity contribution < 1.29 is 0 Å². The monoisotopic (exact) mass is 273 g/mol. The third kappa shape index (κ3) is 3.64. The van der Waals surface area contributed by atoms with E-state index in [1.807, 2.05) is 17.8 Å². The van der Waals surface area contributed by atoms with Gasteiger partial charge in [-0.2, -0.15) is 11.8 Å². The minimum atomic E-state index is 0.500. The summed E-state index contributed by atoms with van der Waals surface area (Å²) in [4.78, 5) is 0. The van der Waals surface area contributed by atoms with Crippen LogP contribution in [0.15, 0.2) is 28.7 Å². The van der Waals surface area contributed by atoms with E-state index in [0.717, 1.165) is 17.4 Å². The molecule has 1 aromatic carbocycles. The quantitative estimate of drug-likeness (QED) is 0.892. The normalized spacial score (nSPS) is 12.8. The van der Waals surface area contributed by atoms with Crippen LogP contribution in [-0.4, -0.2) is 18.6 Å². The Kier molecular flexibility index (Phi) is 5.60. The average molecular weight is 274 g/mol. The minimum absolute atomic E-state index is 0.500. The molecule has 3 heteroatoms. The molecule has 0 radical (unpaired) electrons. The summed E-state index contributed by atoms with van der Waals surface area (Å²) in [6, 6.07) is 8.44. The van der Waals surface area contributed by atoms with E-state index in [9.17, 15) is 0 Å². The Labute approximate surface area is 98.6 Å². The number of benzene rings is 1. The van der Waals surface area contributed by atoms with Crippen LogP contribution < -0.4 is 5.73 Å². The highest BCUT2D eigenvalue weighted by atomic mass is 79.9. The van der Waals surface area contributed by atoms with Crippen LogP contribution >= 0.6 is 27.7 Å². The van der Waals surface area contributed by atoms with Crippen molar-refractivity contribution >= 4 is 27.7 Å². The van der Waals surface area contributed by atoms with E-state index in [0.29, 0.717) is 5.92 Å². The Morgan fingerprint density at radius 3 is 2.86 bits per heavy atom. The molecule has 0 aromatic heterocycles. The molecule has 2 N–H and O–H groups in total. The van der Waals surface area contributed by atoms with Gasteiger partial charge in [0.2, 0.25) is 0 Å². The molecule has 0 fully saturated rings. The molecule has 0 saturated heterocycles. The van der Waals surface area contributed by atoms with Gasteiger partial charge in [-0.1, -0.05) is 28.1 Å². The van der Waals surface area contributed by atoms with Gasteiger partial charge < -0.3 is 5.73 Å². The first-order valence-corrected chi connectivity index (χ1v) is 6.91. The Bertz CT molecular complexity index is 278. The number of rotatable bonds is 5. The van der Waals surface area contributed by atoms with Gasteiger partial charge in [0.15, 0.2) is 0 Å². The zero-order chi connectivity index (χ0) is 10.4. The van der Waals surface area contributed by atoms with Gasteiger partial charge in [0, 0.05) is 4.47 Å². The molecular weight excluding hydrogens is 258 g/mol. The Morgan fingerprint density at radius 1 is 1.50 bits per heavy atom. The van der Waals surface area contributed by atoms with Crippen LogP contribution in [0.1, 0.15) is 17.9 Å². The van der Waals surface area contributed by atoms with Crippen molar-refractivity contribution in [1.29, 1.82) is 0 Å². The van der Waals surface area contributed by atoms with E-state index in [-0.39, 0.29) is 0 Å². The maximum atomic E-state index is 5.77. The lowest BCUT2D eigenvalue weighted by molar-refractivity contribution is 0.680. The summed E-state index contributed by atoms with van der Waals surface area (Å²) in [5.41, 5.74) is 7.11. The average Bonchev–Trinajstić information content (AvgIpc) is 2.19. The highest BCUT2D eigenvalue weighted by Crippen LogP contribution is 2.23. The summed E-state index contributed by atoms with van der Waals surface area (Å²) in [5, 5.41) is 0. The first kappa shape index (κ1) is 12.1. The molecule has 1 rings (SSSR count). The van der Waals surface area contributed by atoms with E-state index >= 15 is 0 Å². The van der Waals surface area contributed by atoms with Crippen molar-refractivity contribution in [3.05, 3.63) is 34.3 Å². The van der Waals surface area contributed by atoms with Crippen molar-refractivity contribution in [3.8, 4) is 0 Å². The van der Waals surface area contributed by atoms with Crippen LogP contribution in [0, 0.1) is 0 Å². The van der Waals surface area contributed by atoms with E-state index < -0.39 is 0 Å². The molecule has 0 heterocycles. The van der Waals surface area contributed by atoms with Crippen LogP contribution in [0.3, 0.4) is 0 Å². The fraction of sp³-hybridized carbons (Fsp3) is 0.455. The molecular formula is C11H16BrNS. The number of halogens is 1. The predicted molar refractivity (Wildman–Crippen MR) is 68.9 cm³/mol. The molecule has 0 saturated carbocycles. The molecule has 14 heavy (non-hydrogen) atoms. The van der Waals surface area contributed by atoms with Gasteiger partial charge in [-0.3, -0.25) is 0 Å². The fourth-order valence-electron chi connectivity index (χ4n) is 1.44. The SMILES string of the molecule is CSCCC(CN)c1cccc(Br)c1. The van der Waals surface area contributed by atoms with Gasteiger partial charge in [-0.05, 0) is 48.6 Å². The summed E-state index contributed by atoms with van der Waals surface area (Å²) in [6.45, 7) is 0.733. The van der Waals surface area contributed by atoms with Gasteiger partial charge in [-0.15, -0.1) is 0 Å². The summed E-state index contributed by atoms with van der Waals surface area (Å²) in [7, 11) is 0. The van der Waals surface area contributed by atoms with Crippen molar-refractivity contribution in [2.45, 2.75) is 12.3 Å². The Hall–Kier alpha value is 0.01000. The minimum Gasteiger partial charge on any atom is -0.330 e. The number of thioether (sulfide) groups is 1. The van der Waals surface area contributed by atoms with E-state index in [4.69, 9.17) is 5.73 Å². The highest BCUT2D eigenvalue weighted by molar-refractivity contribution is 9.10. The maximum Gasteiger partial charge on any atom is 0.0178 e. The van der Waals surface area contributed by atoms with Gasteiger partial charge in [0.1, 0.15) is 0 Å². The third-order valence-corrected chi connectivity index (χ3v) is 3.41. The molecule has 0 aliphatic carbocycles. The van der Waals surface area contributed by atoms with Crippen LogP contribution in [0.25, 0.3) is 0 Å². The Morgan fingerprint density at radius 2 is 2.29 bits per heavy atom. The maximum absolute atomic E-state index is 5.77. The second kappa shape index (κ2) is 6.49. The predicted octanol–water partition coefficient (Wildman–Crippen LogP) is 3.24. The van der Waals surface area contributed by atoms with Gasteiger partial charge in [0.05, 0.1) is 0 Å². The topological polar surface area (TPSA) is 26.0 Å². The second-order valence-corrected chi connectivity index (χ2v) is 5.17. The van der Waals surface area contributed by atoms with Crippen molar-refractivity contribution in [1.82, 2.24) is 0 Å². The smallest absolute Gasteiger partial charge is 0.0178 e. The standard InChI is InChI=1S/C11H16BrNS/c1-14-6-5-10(8-13)9-3-2-4-11(12)7-9/h2-4,7,10H,5-6,8,13H2,1H3. The second-order valence-electron chi connectivity index (χ2n) is 3.27. The fourth-order valence-corrected chi connectivity index (χ4v) is 2.38. The molecule has 0 bridgehead atoms. The van der Waals surface area contributed by atoms with Gasteiger partial charge >= 0.3 is 0 Å². The van der Waals surface area contributed by atoms with Crippen LogP contribution in [-0.2, 0) is 0 Å². The molecule has 0 aliphatic rings. The van der Waals surface area contributed by atoms with Crippen LogP contribution in [0.2, 0.25) is 0 Å². The van der Waals surface area contributed by atoms with Crippen molar-refractivity contribution in [2.24, 2.45) is 5.73 Å². The van der Waals surface area contributed by atoms with E-state index in [1.165, 1.54) is 11.3 Å². The summed E-state index contributed by atoms with van der Waals surface area (Å²) >= 11 is 5.36. The lowest BCUT2D eigenvalue weighted by atomic mass is 9.97. The first-order valence-electron chi connectivity index (χ1n) is 4.72. The van der Waals surface area contributed by atoms with E-state index in [2.05, 4.69) is 40.4 Å². The van der Waals surface area contributed by atoms with Crippen molar-refractivity contribution in [3.63, 3.8) is 0 Å². The molecule has 1 unspecified atom stereocenters. The van der Waals surface area contributed by atoms with E-state index in [1.54, 1.807) is 0 Å². The summed E-state index contributed by atoms with van der Waals surface area (Å²) < 4.78 is 1.14. The largest absolute Gasteiger partial charge is 0.330 e. The lowest BCUT2D eigenvalue weighted by Crippen LogP contribution is -2.13. The molecule has 1 aromatic rings. The van der Waals surface area contributed by atoms with Crippen molar-refractivity contribution in [2.75, 3.05) is 18.6 Å². The lowest BCUT2D eigenvalue weighted by Gasteiger charge is -2.14. The van der Waals surface area contributed by atoms with Crippen LogP contribution in [0.5, 0.6) is 0 Å². The van der Waals surface area contributed by atoms with Gasteiger partial charge in [0.25, 0.3) is 0 Å². The zero-order valence-corrected chi connectivity index (χ0v) is 10.8. The van der Waals surface area contributed by atoms with Crippen LogP contribution in [0.4, 0.5) is 0 Å². The summed E-state index contributed by atoms with van der Waals surface area (Å²) in [6.07, 6.45) is 3.29. The molecule has 78 valence electrons. The number of hydrogen-bond donors (Lipinski definition) is 1. The summed E-state index contributed by atoms with van der Waals surface area (Å²) in [5.74, 6) is 1.67. The highest BCUT2D eigenvalue weighted by Gasteiger charge is 2.08. The van der Waals surface area contributed by atoms with Gasteiger partial charge in [-0.25, -0.2) is 0 Å². The molecule has 0 spiro atoms. The number of hydrogen-bond acceptors (Lipinski definition) is 2. The first-order chi connectivity index (χ1) is 6.77. The molecule has 0 amide bonds. The Balaban J connectivity index is 2.68. The number of nitrogens with two attached hydrogens (primary N) is 1. The molecule has 1 atom stereocenters. The zero-order valence-electron chi connectivity index (χ0n) is 8.37. The molecule has 1 nitrogen and oxygen atoms in total. The molecule has 0 aliphatic heterocycles. The third-order valence-electron chi connectivity index (χ3n) is 2.28.